The molecule has 0 bridgehead atoms. The van der Waals surface area contributed by atoms with Gasteiger partial charge in [0.2, 0.25) is 0 Å². The van der Waals surface area contributed by atoms with Crippen molar-refractivity contribution in [3.8, 4) is 0 Å². The standard InChI is InChI=1S/C9H13BrN4O/c10-6-7(5-1-2-5)13-14-8(6)9(15)12-4-3-11/h5H,1-4,11H2,(H,12,15)(H,13,14). The molecule has 15 heavy (non-hydrogen) atoms. The molecule has 0 unspecified atom stereocenters. The molecule has 0 spiro atoms. The zero-order valence-electron chi connectivity index (χ0n) is 8.22. The average molecular weight is 273 g/mol. The third-order valence-electron chi connectivity index (χ3n) is 2.36. The van der Waals surface area contributed by atoms with E-state index < -0.39 is 0 Å². The predicted octanol–water partition coefficient (Wildman–Crippen LogP) is 0.738. The number of nitrogens with zero attached hydrogens (tertiary/aromatic N) is 1. The van der Waals surface area contributed by atoms with Crippen molar-refractivity contribution in [1.29, 1.82) is 0 Å². The molecule has 1 saturated carbocycles. The number of aromatic nitrogens is 2. The Morgan fingerprint density at radius 2 is 2.40 bits per heavy atom. The highest BCUT2D eigenvalue weighted by Gasteiger charge is 2.30. The van der Waals surface area contributed by atoms with Gasteiger partial charge in [0.1, 0.15) is 0 Å². The lowest BCUT2D eigenvalue weighted by Gasteiger charge is -2.00. The first-order chi connectivity index (χ1) is 7.24. The van der Waals surface area contributed by atoms with Gasteiger partial charge in [0.15, 0.2) is 5.69 Å². The minimum absolute atomic E-state index is 0.185. The number of hydrogen-bond donors (Lipinski definition) is 3. The van der Waals surface area contributed by atoms with Gasteiger partial charge < -0.3 is 11.1 Å². The zero-order valence-corrected chi connectivity index (χ0v) is 9.80. The summed E-state index contributed by atoms with van der Waals surface area (Å²) in [5, 5.41) is 9.60. The largest absolute Gasteiger partial charge is 0.349 e. The maximum absolute atomic E-state index is 11.6. The summed E-state index contributed by atoms with van der Waals surface area (Å²) in [5.41, 5.74) is 6.76. The Morgan fingerprint density at radius 1 is 1.67 bits per heavy atom. The topological polar surface area (TPSA) is 83.8 Å². The van der Waals surface area contributed by atoms with Crippen molar-refractivity contribution in [2.24, 2.45) is 5.73 Å². The van der Waals surface area contributed by atoms with Crippen LogP contribution in [-0.4, -0.2) is 29.2 Å². The van der Waals surface area contributed by atoms with Crippen molar-refractivity contribution < 1.29 is 4.79 Å². The number of H-pyrrole nitrogens is 1. The maximum atomic E-state index is 11.6. The first-order valence-electron chi connectivity index (χ1n) is 4.96. The van der Waals surface area contributed by atoms with Gasteiger partial charge in [-0.15, -0.1) is 0 Å². The highest BCUT2D eigenvalue weighted by Crippen LogP contribution is 2.42. The molecule has 1 aromatic heterocycles. The van der Waals surface area contributed by atoms with E-state index in [0.29, 0.717) is 24.7 Å². The van der Waals surface area contributed by atoms with Crippen LogP contribution in [0.25, 0.3) is 0 Å². The fourth-order valence-corrected chi connectivity index (χ4v) is 2.09. The number of hydrogen-bond acceptors (Lipinski definition) is 3. The number of carbonyl (C=O) groups excluding carboxylic acids is 1. The lowest BCUT2D eigenvalue weighted by molar-refractivity contribution is 0.0949. The normalized spacial score (nSPS) is 15.3. The van der Waals surface area contributed by atoms with Crippen LogP contribution in [0.3, 0.4) is 0 Å². The van der Waals surface area contributed by atoms with E-state index in [4.69, 9.17) is 5.73 Å². The smallest absolute Gasteiger partial charge is 0.273 e. The van der Waals surface area contributed by atoms with Gasteiger partial charge in [-0.1, -0.05) is 0 Å². The molecule has 1 aromatic rings. The highest BCUT2D eigenvalue weighted by molar-refractivity contribution is 9.10. The number of aromatic amines is 1. The first-order valence-corrected chi connectivity index (χ1v) is 5.75. The molecule has 1 fully saturated rings. The molecule has 0 aliphatic heterocycles. The molecule has 0 atom stereocenters. The van der Waals surface area contributed by atoms with E-state index in [2.05, 4.69) is 31.4 Å². The van der Waals surface area contributed by atoms with E-state index in [1.165, 1.54) is 12.8 Å². The van der Waals surface area contributed by atoms with Crippen LogP contribution in [0.5, 0.6) is 0 Å². The van der Waals surface area contributed by atoms with Gasteiger partial charge in [0.05, 0.1) is 10.2 Å². The minimum atomic E-state index is -0.185. The lowest BCUT2D eigenvalue weighted by atomic mass is 10.2. The van der Waals surface area contributed by atoms with E-state index in [0.717, 1.165) is 10.2 Å². The molecule has 1 amide bonds. The van der Waals surface area contributed by atoms with Crippen LogP contribution in [0.4, 0.5) is 0 Å². The number of carbonyl (C=O) groups is 1. The number of nitrogens with one attached hydrogen (secondary N) is 2. The van der Waals surface area contributed by atoms with Crippen molar-refractivity contribution in [2.45, 2.75) is 18.8 Å². The van der Waals surface area contributed by atoms with Crippen molar-refractivity contribution in [2.75, 3.05) is 13.1 Å². The Morgan fingerprint density at radius 3 is 3.00 bits per heavy atom. The number of nitrogens with two attached hydrogens (primary N) is 1. The summed E-state index contributed by atoms with van der Waals surface area (Å²) in [7, 11) is 0. The van der Waals surface area contributed by atoms with Crippen molar-refractivity contribution in [1.82, 2.24) is 15.5 Å². The first kappa shape index (κ1) is 10.6. The van der Waals surface area contributed by atoms with Gasteiger partial charge in [-0.3, -0.25) is 9.89 Å². The SMILES string of the molecule is NCCNC(=O)c1n[nH]c(C2CC2)c1Br. The summed E-state index contributed by atoms with van der Waals surface area (Å²) in [5.74, 6) is 0.360. The minimum Gasteiger partial charge on any atom is -0.349 e. The van der Waals surface area contributed by atoms with Gasteiger partial charge in [0, 0.05) is 19.0 Å². The van der Waals surface area contributed by atoms with Crippen molar-refractivity contribution in [3.63, 3.8) is 0 Å². The van der Waals surface area contributed by atoms with Gasteiger partial charge in [-0.05, 0) is 28.8 Å². The summed E-state index contributed by atoms with van der Waals surface area (Å²) in [4.78, 5) is 11.6. The molecule has 4 N–H and O–H groups in total. The molecule has 0 saturated heterocycles. The van der Waals surface area contributed by atoms with Crippen LogP contribution in [0.1, 0.15) is 34.9 Å². The third-order valence-corrected chi connectivity index (χ3v) is 3.17. The fraction of sp³-hybridized carbons (Fsp3) is 0.556. The summed E-state index contributed by atoms with van der Waals surface area (Å²) in [6.07, 6.45) is 2.34. The molecular formula is C9H13BrN4O. The second kappa shape index (κ2) is 4.32. The molecule has 1 aliphatic rings. The molecule has 1 aliphatic carbocycles. The molecule has 0 radical (unpaired) electrons. The average Bonchev–Trinajstić information content (AvgIpc) is 2.99. The molecule has 2 rings (SSSR count). The van der Waals surface area contributed by atoms with E-state index in [1.54, 1.807) is 0 Å². The quantitative estimate of drug-likeness (QED) is 0.756. The Kier molecular flexibility index (Phi) is 3.06. The van der Waals surface area contributed by atoms with E-state index in [-0.39, 0.29) is 5.91 Å². The Hall–Kier alpha value is -0.880. The summed E-state index contributed by atoms with van der Waals surface area (Å²) < 4.78 is 0.791. The predicted molar refractivity (Wildman–Crippen MR) is 59.7 cm³/mol. The molecule has 1 heterocycles. The van der Waals surface area contributed by atoms with Crippen LogP contribution in [0.15, 0.2) is 4.47 Å². The molecule has 6 heteroatoms. The van der Waals surface area contributed by atoms with Crippen LogP contribution >= 0.6 is 15.9 Å². The Balaban J connectivity index is 2.10. The van der Waals surface area contributed by atoms with E-state index in [1.807, 2.05) is 0 Å². The lowest BCUT2D eigenvalue weighted by Crippen LogP contribution is -2.29. The molecule has 0 aromatic carbocycles. The van der Waals surface area contributed by atoms with Crippen molar-refractivity contribution >= 4 is 21.8 Å². The third kappa shape index (κ3) is 2.21. The second-order valence-corrected chi connectivity index (χ2v) is 4.41. The maximum Gasteiger partial charge on any atom is 0.273 e. The van der Waals surface area contributed by atoms with E-state index >= 15 is 0 Å². The van der Waals surface area contributed by atoms with Crippen molar-refractivity contribution in [3.05, 3.63) is 15.9 Å². The number of halogens is 1. The summed E-state index contributed by atoms with van der Waals surface area (Å²) in [6.45, 7) is 0.903. The Bertz CT molecular complexity index is 372. The summed E-state index contributed by atoms with van der Waals surface area (Å²) >= 11 is 3.40. The highest BCUT2D eigenvalue weighted by atomic mass is 79.9. The van der Waals surface area contributed by atoms with Gasteiger partial charge in [0.25, 0.3) is 5.91 Å². The van der Waals surface area contributed by atoms with Crippen LogP contribution in [0.2, 0.25) is 0 Å². The molecule has 82 valence electrons. The monoisotopic (exact) mass is 272 g/mol. The van der Waals surface area contributed by atoms with Gasteiger partial charge >= 0.3 is 0 Å². The van der Waals surface area contributed by atoms with E-state index in [9.17, 15) is 4.79 Å². The van der Waals surface area contributed by atoms with Crippen LogP contribution < -0.4 is 11.1 Å². The second-order valence-electron chi connectivity index (χ2n) is 3.62. The van der Waals surface area contributed by atoms with Gasteiger partial charge in [-0.2, -0.15) is 5.10 Å². The zero-order chi connectivity index (χ0) is 10.8. The van der Waals surface area contributed by atoms with Crippen LogP contribution in [0, 0.1) is 0 Å². The number of amides is 1. The summed E-state index contributed by atoms with van der Waals surface area (Å²) in [6, 6.07) is 0. The van der Waals surface area contributed by atoms with Gasteiger partial charge in [-0.25, -0.2) is 0 Å². The Labute approximate surface area is 95.9 Å². The molecular weight excluding hydrogens is 260 g/mol. The number of rotatable bonds is 4. The fourth-order valence-electron chi connectivity index (χ4n) is 1.40. The van der Waals surface area contributed by atoms with Crippen LogP contribution in [-0.2, 0) is 0 Å². The molecule has 5 nitrogen and oxygen atoms in total.